The number of nitrogens with one attached hydrogen (secondary N) is 2. The first-order chi connectivity index (χ1) is 10.5. The summed E-state index contributed by atoms with van der Waals surface area (Å²) >= 11 is 0. The van der Waals surface area contributed by atoms with Gasteiger partial charge in [0.05, 0.1) is 5.69 Å². The molecule has 1 fully saturated rings. The Morgan fingerprint density at radius 2 is 2.14 bits per heavy atom. The number of hydrogen-bond donors (Lipinski definition) is 2. The maximum Gasteiger partial charge on any atom is 0.221 e. The van der Waals surface area contributed by atoms with Crippen molar-refractivity contribution in [2.75, 3.05) is 40.3 Å². The highest BCUT2D eigenvalue weighted by molar-refractivity contribution is 5.76. The summed E-state index contributed by atoms with van der Waals surface area (Å²) in [5.41, 5.74) is 3.48. The molecule has 6 nitrogen and oxygen atoms in total. The van der Waals surface area contributed by atoms with Gasteiger partial charge in [-0.15, -0.1) is 0 Å². The molecule has 1 aromatic rings. The van der Waals surface area contributed by atoms with E-state index in [-0.39, 0.29) is 5.91 Å². The fraction of sp³-hybridized carbons (Fsp3) is 0.750. The number of carbonyl (C=O) groups excluding carboxylic acids is 1. The third-order valence-electron chi connectivity index (χ3n) is 4.61. The van der Waals surface area contributed by atoms with Gasteiger partial charge in [0.1, 0.15) is 0 Å². The van der Waals surface area contributed by atoms with E-state index in [0.29, 0.717) is 12.5 Å². The van der Waals surface area contributed by atoms with Crippen LogP contribution in [0.2, 0.25) is 0 Å². The van der Waals surface area contributed by atoms with E-state index in [1.807, 2.05) is 13.8 Å². The molecule has 1 atom stereocenters. The molecule has 2 N–H and O–H groups in total. The Morgan fingerprint density at radius 3 is 2.82 bits per heavy atom. The largest absolute Gasteiger partial charge is 0.356 e. The Morgan fingerprint density at radius 1 is 1.36 bits per heavy atom. The fourth-order valence-electron chi connectivity index (χ4n) is 3.04. The lowest BCUT2D eigenvalue weighted by Crippen LogP contribution is -2.51. The van der Waals surface area contributed by atoms with Gasteiger partial charge >= 0.3 is 0 Å². The Bertz CT molecular complexity index is 479. The predicted molar refractivity (Wildman–Crippen MR) is 87.9 cm³/mol. The molecule has 0 radical (unpaired) electrons. The highest BCUT2D eigenvalue weighted by Crippen LogP contribution is 2.12. The average Bonchev–Trinajstić information content (AvgIpc) is 2.79. The Labute approximate surface area is 133 Å². The van der Waals surface area contributed by atoms with Crippen LogP contribution < -0.4 is 5.32 Å². The first kappa shape index (κ1) is 17.0. The Hall–Kier alpha value is -1.40. The minimum Gasteiger partial charge on any atom is -0.356 e. The summed E-state index contributed by atoms with van der Waals surface area (Å²) in [7, 11) is 4.23. The van der Waals surface area contributed by atoms with Crippen molar-refractivity contribution in [3.8, 4) is 0 Å². The summed E-state index contributed by atoms with van der Waals surface area (Å²) in [5, 5.41) is 10.3. The van der Waals surface area contributed by atoms with Crippen molar-refractivity contribution < 1.29 is 4.79 Å². The van der Waals surface area contributed by atoms with Crippen molar-refractivity contribution in [3.05, 3.63) is 17.0 Å². The molecule has 2 rings (SSSR count). The van der Waals surface area contributed by atoms with Crippen LogP contribution in [0.5, 0.6) is 0 Å². The number of aromatic nitrogens is 2. The van der Waals surface area contributed by atoms with E-state index >= 15 is 0 Å². The summed E-state index contributed by atoms with van der Waals surface area (Å²) in [6.45, 7) is 7.88. The number of amides is 1. The summed E-state index contributed by atoms with van der Waals surface area (Å²) in [6.07, 6.45) is 2.50. The van der Waals surface area contributed by atoms with E-state index in [2.05, 4.69) is 39.4 Å². The second kappa shape index (κ2) is 7.74. The lowest BCUT2D eigenvalue weighted by atomic mass is 10.1. The first-order valence-corrected chi connectivity index (χ1v) is 8.13. The molecule has 0 saturated carbocycles. The number of carbonyl (C=O) groups is 1. The molecule has 22 heavy (non-hydrogen) atoms. The number of hydrogen-bond acceptors (Lipinski definition) is 4. The molecule has 0 bridgehead atoms. The van der Waals surface area contributed by atoms with Crippen molar-refractivity contribution in [3.63, 3.8) is 0 Å². The zero-order chi connectivity index (χ0) is 16.1. The van der Waals surface area contributed by atoms with E-state index in [1.165, 1.54) is 5.56 Å². The smallest absolute Gasteiger partial charge is 0.221 e. The molecular formula is C16H29N5O. The molecule has 1 unspecified atom stereocenters. The lowest BCUT2D eigenvalue weighted by Gasteiger charge is -2.37. The van der Waals surface area contributed by atoms with Gasteiger partial charge in [-0.05, 0) is 46.3 Å². The van der Waals surface area contributed by atoms with E-state index in [9.17, 15) is 4.79 Å². The zero-order valence-electron chi connectivity index (χ0n) is 14.3. The molecule has 1 aliphatic rings. The minimum atomic E-state index is 0.160. The third kappa shape index (κ3) is 4.55. The van der Waals surface area contributed by atoms with Crippen LogP contribution in [0.25, 0.3) is 0 Å². The van der Waals surface area contributed by atoms with Gasteiger partial charge in [-0.1, -0.05) is 0 Å². The van der Waals surface area contributed by atoms with Crippen molar-refractivity contribution in [2.24, 2.45) is 0 Å². The van der Waals surface area contributed by atoms with E-state index < -0.39 is 0 Å². The first-order valence-electron chi connectivity index (χ1n) is 8.13. The van der Waals surface area contributed by atoms with Gasteiger partial charge in [0.15, 0.2) is 0 Å². The van der Waals surface area contributed by atoms with Crippen LogP contribution >= 0.6 is 0 Å². The number of H-pyrrole nitrogens is 1. The summed E-state index contributed by atoms with van der Waals surface area (Å²) in [4.78, 5) is 16.7. The molecule has 1 amide bonds. The van der Waals surface area contributed by atoms with Gasteiger partial charge in [-0.25, -0.2) is 0 Å². The molecule has 1 aliphatic heterocycles. The highest BCUT2D eigenvalue weighted by atomic mass is 16.1. The minimum absolute atomic E-state index is 0.160. The van der Waals surface area contributed by atoms with Crippen LogP contribution in [-0.2, 0) is 11.2 Å². The molecule has 6 heteroatoms. The normalized spacial score (nSPS) is 20.3. The zero-order valence-corrected chi connectivity index (χ0v) is 14.3. The molecule has 1 aromatic heterocycles. The molecule has 1 saturated heterocycles. The Kier molecular flexibility index (Phi) is 5.97. The van der Waals surface area contributed by atoms with Crippen LogP contribution in [0, 0.1) is 13.8 Å². The summed E-state index contributed by atoms with van der Waals surface area (Å²) in [6, 6.07) is 0.331. The van der Waals surface area contributed by atoms with Gasteiger partial charge in [0.25, 0.3) is 0 Å². The van der Waals surface area contributed by atoms with Crippen LogP contribution in [0.1, 0.15) is 29.8 Å². The molecule has 2 heterocycles. The van der Waals surface area contributed by atoms with Gasteiger partial charge in [-0.2, -0.15) is 5.10 Å². The predicted octanol–water partition coefficient (Wildman–Crippen LogP) is 0.711. The summed E-state index contributed by atoms with van der Waals surface area (Å²) < 4.78 is 0. The Balaban J connectivity index is 1.67. The molecule has 124 valence electrons. The number of likely N-dealkylation sites (N-methyl/N-ethyl adjacent to an activating group) is 2. The maximum atomic E-state index is 12.1. The van der Waals surface area contributed by atoms with Gasteiger partial charge in [0, 0.05) is 44.3 Å². The van der Waals surface area contributed by atoms with Crippen molar-refractivity contribution in [2.45, 2.75) is 39.2 Å². The van der Waals surface area contributed by atoms with Crippen LogP contribution in [-0.4, -0.2) is 72.2 Å². The molecule has 0 aromatic carbocycles. The molecule has 0 aliphatic carbocycles. The number of aryl methyl sites for hydroxylation is 2. The van der Waals surface area contributed by atoms with Crippen molar-refractivity contribution in [1.82, 2.24) is 25.3 Å². The lowest BCUT2D eigenvalue weighted by molar-refractivity contribution is -0.122. The monoisotopic (exact) mass is 307 g/mol. The van der Waals surface area contributed by atoms with E-state index in [4.69, 9.17) is 0 Å². The standard InChI is InChI=1S/C16H29N5O/c1-12-15(13(2)19-18-12)6-5-7-17-16(22)10-14-11-20(3)8-9-21(14)4/h14H,5-11H2,1-4H3,(H,17,22)(H,18,19). The quantitative estimate of drug-likeness (QED) is 0.760. The third-order valence-corrected chi connectivity index (χ3v) is 4.61. The second-order valence-corrected chi connectivity index (χ2v) is 6.47. The van der Waals surface area contributed by atoms with E-state index in [1.54, 1.807) is 0 Å². The van der Waals surface area contributed by atoms with Crippen LogP contribution in [0.4, 0.5) is 0 Å². The highest BCUT2D eigenvalue weighted by Gasteiger charge is 2.24. The topological polar surface area (TPSA) is 64.3 Å². The number of rotatable bonds is 6. The van der Waals surface area contributed by atoms with Gasteiger partial charge in [-0.3, -0.25) is 9.89 Å². The second-order valence-electron chi connectivity index (χ2n) is 6.47. The van der Waals surface area contributed by atoms with Crippen LogP contribution in [0.3, 0.4) is 0 Å². The molecule has 0 spiro atoms. The number of nitrogens with zero attached hydrogens (tertiary/aromatic N) is 3. The fourth-order valence-corrected chi connectivity index (χ4v) is 3.04. The van der Waals surface area contributed by atoms with E-state index in [0.717, 1.165) is 50.4 Å². The summed E-state index contributed by atoms with van der Waals surface area (Å²) in [5.74, 6) is 0.160. The maximum absolute atomic E-state index is 12.1. The molecular weight excluding hydrogens is 278 g/mol. The SMILES string of the molecule is Cc1n[nH]c(C)c1CCCNC(=O)CC1CN(C)CCN1C. The number of piperazine rings is 1. The van der Waals surface area contributed by atoms with Crippen molar-refractivity contribution >= 4 is 5.91 Å². The van der Waals surface area contributed by atoms with Gasteiger partial charge in [0.2, 0.25) is 5.91 Å². The van der Waals surface area contributed by atoms with Crippen molar-refractivity contribution in [1.29, 1.82) is 0 Å². The average molecular weight is 307 g/mol. The number of aromatic amines is 1. The van der Waals surface area contributed by atoms with Gasteiger partial charge < -0.3 is 15.1 Å². The van der Waals surface area contributed by atoms with Crippen LogP contribution in [0.15, 0.2) is 0 Å².